The third-order valence-electron chi connectivity index (χ3n) is 3.77. The fourth-order valence-corrected chi connectivity index (χ4v) is 2.52. The number of aryl methyl sites for hydroxylation is 2. The molecule has 0 radical (unpaired) electrons. The number of hydrogen-bond donors (Lipinski definition) is 0. The second-order valence-electron chi connectivity index (χ2n) is 5.24. The smallest absolute Gasteiger partial charge is 0.254 e. The van der Waals surface area contributed by atoms with Crippen molar-refractivity contribution in [2.24, 2.45) is 5.92 Å². The van der Waals surface area contributed by atoms with Crippen LogP contribution in [0.3, 0.4) is 0 Å². The maximum atomic E-state index is 12.5. The summed E-state index contributed by atoms with van der Waals surface area (Å²) in [5.74, 6) is 0.976. The van der Waals surface area contributed by atoms with E-state index in [1.807, 2.05) is 36.9 Å². The highest BCUT2D eigenvalue weighted by atomic mass is 16.2. The van der Waals surface area contributed by atoms with Gasteiger partial charge in [0.2, 0.25) is 0 Å². The molecule has 1 fully saturated rings. The Morgan fingerprint density at radius 3 is 2.24 bits per heavy atom. The monoisotopic (exact) mass is 231 g/mol. The number of nitrogens with zero attached hydrogens (tertiary/aromatic N) is 1. The SMILES string of the molecule is Cc1cccc(C)c1C(=O)N1CCC(C)CC1. The standard InChI is InChI=1S/C15H21NO/c1-11-7-9-16(10-8-11)15(17)14-12(2)5-4-6-13(14)3/h4-6,11H,7-10H2,1-3H3. The van der Waals surface area contributed by atoms with E-state index in [0.29, 0.717) is 0 Å². The summed E-state index contributed by atoms with van der Waals surface area (Å²) in [5, 5.41) is 0. The van der Waals surface area contributed by atoms with Crippen LogP contribution in [0, 0.1) is 19.8 Å². The molecule has 1 heterocycles. The minimum Gasteiger partial charge on any atom is -0.339 e. The molecule has 2 nitrogen and oxygen atoms in total. The van der Waals surface area contributed by atoms with E-state index in [0.717, 1.165) is 48.5 Å². The Morgan fingerprint density at radius 1 is 1.18 bits per heavy atom. The molecule has 1 aromatic carbocycles. The number of carbonyl (C=O) groups excluding carboxylic acids is 1. The summed E-state index contributed by atoms with van der Waals surface area (Å²) < 4.78 is 0. The van der Waals surface area contributed by atoms with Gasteiger partial charge in [-0.25, -0.2) is 0 Å². The minimum atomic E-state index is 0.215. The predicted octanol–water partition coefficient (Wildman–Crippen LogP) is 3.18. The van der Waals surface area contributed by atoms with Crippen molar-refractivity contribution in [3.8, 4) is 0 Å². The van der Waals surface area contributed by atoms with Gasteiger partial charge in [0.25, 0.3) is 5.91 Å². The van der Waals surface area contributed by atoms with Gasteiger partial charge in [0.15, 0.2) is 0 Å². The Kier molecular flexibility index (Phi) is 3.51. The summed E-state index contributed by atoms with van der Waals surface area (Å²) >= 11 is 0. The second kappa shape index (κ2) is 4.91. The van der Waals surface area contributed by atoms with Gasteiger partial charge in [0, 0.05) is 18.7 Å². The largest absolute Gasteiger partial charge is 0.339 e. The van der Waals surface area contributed by atoms with E-state index in [9.17, 15) is 4.79 Å². The van der Waals surface area contributed by atoms with Crippen LogP contribution in [0.4, 0.5) is 0 Å². The normalized spacial score (nSPS) is 17.2. The topological polar surface area (TPSA) is 20.3 Å². The summed E-state index contributed by atoms with van der Waals surface area (Å²) in [6, 6.07) is 6.05. The lowest BCUT2D eigenvalue weighted by Crippen LogP contribution is -2.38. The lowest BCUT2D eigenvalue weighted by atomic mass is 9.96. The molecule has 1 saturated heterocycles. The Labute approximate surface area is 104 Å². The van der Waals surface area contributed by atoms with E-state index in [1.165, 1.54) is 0 Å². The molecule has 0 atom stereocenters. The molecule has 0 saturated carbocycles. The molecule has 0 spiro atoms. The highest BCUT2D eigenvalue weighted by Crippen LogP contribution is 2.21. The average Bonchev–Trinajstić information content (AvgIpc) is 2.29. The van der Waals surface area contributed by atoms with Crippen molar-refractivity contribution in [3.05, 3.63) is 34.9 Å². The van der Waals surface area contributed by atoms with Crippen LogP contribution in [0.25, 0.3) is 0 Å². The average molecular weight is 231 g/mol. The summed E-state index contributed by atoms with van der Waals surface area (Å²) in [5.41, 5.74) is 3.09. The zero-order valence-corrected chi connectivity index (χ0v) is 11.0. The maximum Gasteiger partial charge on any atom is 0.254 e. The van der Waals surface area contributed by atoms with Crippen molar-refractivity contribution in [1.29, 1.82) is 0 Å². The molecule has 1 aromatic rings. The van der Waals surface area contributed by atoms with Crippen molar-refractivity contribution in [2.45, 2.75) is 33.6 Å². The van der Waals surface area contributed by atoms with Crippen LogP contribution in [-0.2, 0) is 0 Å². The van der Waals surface area contributed by atoms with Crippen molar-refractivity contribution in [2.75, 3.05) is 13.1 Å². The van der Waals surface area contributed by atoms with Crippen LogP contribution in [0.2, 0.25) is 0 Å². The number of hydrogen-bond acceptors (Lipinski definition) is 1. The quantitative estimate of drug-likeness (QED) is 0.727. The Bertz CT molecular complexity index is 397. The van der Waals surface area contributed by atoms with Crippen LogP contribution >= 0.6 is 0 Å². The van der Waals surface area contributed by atoms with E-state index < -0.39 is 0 Å². The van der Waals surface area contributed by atoms with Crippen molar-refractivity contribution < 1.29 is 4.79 Å². The van der Waals surface area contributed by atoms with Gasteiger partial charge in [-0.15, -0.1) is 0 Å². The minimum absolute atomic E-state index is 0.215. The summed E-state index contributed by atoms with van der Waals surface area (Å²) in [7, 11) is 0. The van der Waals surface area contributed by atoms with Gasteiger partial charge < -0.3 is 4.90 Å². The van der Waals surface area contributed by atoms with E-state index in [-0.39, 0.29) is 5.91 Å². The molecule has 2 heteroatoms. The number of amides is 1. The first-order chi connectivity index (χ1) is 8.09. The van der Waals surface area contributed by atoms with Crippen molar-refractivity contribution in [1.82, 2.24) is 4.90 Å². The predicted molar refractivity (Wildman–Crippen MR) is 70.2 cm³/mol. The Morgan fingerprint density at radius 2 is 1.71 bits per heavy atom. The molecule has 0 unspecified atom stereocenters. The van der Waals surface area contributed by atoms with E-state index in [1.54, 1.807) is 0 Å². The van der Waals surface area contributed by atoms with Gasteiger partial charge in [-0.05, 0) is 43.7 Å². The second-order valence-corrected chi connectivity index (χ2v) is 5.24. The molecule has 0 N–H and O–H groups in total. The first-order valence-electron chi connectivity index (χ1n) is 6.45. The van der Waals surface area contributed by atoms with Crippen molar-refractivity contribution in [3.63, 3.8) is 0 Å². The fourth-order valence-electron chi connectivity index (χ4n) is 2.52. The molecule has 0 aliphatic carbocycles. The molecular weight excluding hydrogens is 210 g/mol. The van der Waals surface area contributed by atoms with Crippen molar-refractivity contribution >= 4 is 5.91 Å². The number of likely N-dealkylation sites (tertiary alicyclic amines) is 1. The van der Waals surface area contributed by atoms with Crippen LogP contribution in [0.5, 0.6) is 0 Å². The van der Waals surface area contributed by atoms with Gasteiger partial charge >= 0.3 is 0 Å². The Balaban J connectivity index is 2.20. The molecule has 1 aliphatic rings. The Hall–Kier alpha value is -1.31. The third kappa shape index (κ3) is 2.51. The summed E-state index contributed by atoms with van der Waals surface area (Å²) in [4.78, 5) is 14.5. The van der Waals surface area contributed by atoms with E-state index in [2.05, 4.69) is 6.92 Å². The number of piperidine rings is 1. The molecule has 1 aliphatic heterocycles. The van der Waals surface area contributed by atoms with Crippen LogP contribution < -0.4 is 0 Å². The van der Waals surface area contributed by atoms with Gasteiger partial charge in [-0.3, -0.25) is 4.79 Å². The number of rotatable bonds is 1. The number of benzene rings is 1. The summed E-state index contributed by atoms with van der Waals surface area (Å²) in [6.45, 7) is 8.13. The highest BCUT2D eigenvalue weighted by Gasteiger charge is 2.23. The van der Waals surface area contributed by atoms with Crippen LogP contribution in [-0.4, -0.2) is 23.9 Å². The molecular formula is C15H21NO. The molecule has 92 valence electrons. The molecule has 0 bridgehead atoms. The summed E-state index contributed by atoms with van der Waals surface area (Å²) in [6.07, 6.45) is 2.27. The van der Waals surface area contributed by atoms with Gasteiger partial charge in [-0.1, -0.05) is 25.1 Å². The van der Waals surface area contributed by atoms with E-state index in [4.69, 9.17) is 0 Å². The maximum absolute atomic E-state index is 12.5. The van der Waals surface area contributed by atoms with Gasteiger partial charge in [0.1, 0.15) is 0 Å². The third-order valence-corrected chi connectivity index (χ3v) is 3.77. The molecule has 17 heavy (non-hydrogen) atoms. The first kappa shape index (κ1) is 12.2. The van der Waals surface area contributed by atoms with Crippen LogP contribution in [0.15, 0.2) is 18.2 Å². The van der Waals surface area contributed by atoms with Gasteiger partial charge in [-0.2, -0.15) is 0 Å². The first-order valence-corrected chi connectivity index (χ1v) is 6.45. The zero-order chi connectivity index (χ0) is 12.4. The lowest BCUT2D eigenvalue weighted by Gasteiger charge is -2.31. The van der Waals surface area contributed by atoms with E-state index >= 15 is 0 Å². The fraction of sp³-hybridized carbons (Fsp3) is 0.533. The lowest BCUT2D eigenvalue weighted by molar-refractivity contribution is 0.0696. The molecule has 0 aromatic heterocycles. The number of carbonyl (C=O) groups is 1. The highest BCUT2D eigenvalue weighted by molar-refractivity contribution is 5.97. The molecule has 1 amide bonds. The van der Waals surface area contributed by atoms with Crippen LogP contribution in [0.1, 0.15) is 41.3 Å². The van der Waals surface area contributed by atoms with Gasteiger partial charge in [0.05, 0.1) is 0 Å². The zero-order valence-electron chi connectivity index (χ0n) is 11.0. The molecule has 2 rings (SSSR count).